The van der Waals surface area contributed by atoms with E-state index in [-0.39, 0.29) is 5.91 Å². The van der Waals surface area contributed by atoms with Crippen LogP contribution >= 0.6 is 15.9 Å². The van der Waals surface area contributed by atoms with Crippen LogP contribution < -0.4 is 10.2 Å². The van der Waals surface area contributed by atoms with Crippen molar-refractivity contribution in [1.82, 2.24) is 15.2 Å². The Hall–Kier alpha value is -1.83. The number of carbonyl (C=O) groups excluding carboxylic acids is 2. The van der Waals surface area contributed by atoms with Crippen molar-refractivity contribution < 1.29 is 14.3 Å². The van der Waals surface area contributed by atoms with Crippen LogP contribution in [0.25, 0.3) is 0 Å². The monoisotopic (exact) mass is 412 g/mol. The van der Waals surface area contributed by atoms with E-state index in [1.54, 1.807) is 11.1 Å². The summed E-state index contributed by atoms with van der Waals surface area (Å²) in [4.78, 5) is 32.7. The molecule has 1 atom stereocenters. The zero-order valence-electron chi connectivity index (χ0n) is 14.9. The highest BCUT2D eigenvalue weighted by Gasteiger charge is 2.29. The predicted molar refractivity (Wildman–Crippen MR) is 99.5 cm³/mol. The Morgan fingerprint density at radius 2 is 1.96 bits per heavy atom. The van der Waals surface area contributed by atoms with Gasteiger partial charge in [-0.2, -0.15) is 0 Å². The van der Waals surface area contributed by atoms with Gasteiger partial charge in [-0.05, 0) is 40.4 Å². The van der Waals surface area contributed by atoms with Crippen molar-refractivity contribution in [3.8, 4) is 0 Å². The molecule has 0 aliphatic carbocycles. The number of aromatic nitrogens is 1. The molecule has 2 heterocycles. The molecule has 0 saturated carbocycles. The second kappa shape index (κ2) is 9.03. The summed E-state index contributed by atoms with van der Waals surface area (Å²) in [5.74, 6) is 1.14. The van der Waals surface area contributed by atoms with Gasteiger partial charge in [-0.25, -0.2) is 9.78 Å². The maximum absolute atomic E-state index is 12.8. The lowest BCUT2D eigenvalue weighted by Gasteiger charge is -2.37. The fraction of sp³-hybridized carbons (Fsp3) is 0.588. The van der Waals surface area contributed by atoms with Crippen LogP contribution in [0.4, 0.5) is 10.6 Å². The Labute approximate surface area is 156 Å². The Morgan fingerprint density at radius 1 is 1.28 bits per heavy atom. The van der Waals surface area contributed by atoms with E-state index in [1.165, 1.54) is 7.11 Å². The van der Waals surface area contributed by atoms with E-state index in [1.807, 2.05) is 26.0 Å². The van der Waals surface area contributed by atoms with Gasteiger partial charge in [0.05, 0.1) is 7.11 Å². The second-order valence-electron chi connectivity index (χ2n) is 6.47. The van der Waals surface area contributed by atoms with Crippen molar-refractivity contribution in [3.63, 3.8) is 0 Å². The van der Waals surface area contributed by atoms with Crippen LogP contribution in [0.3, 0.4) is 0 Å². The molecule has 138 valence electrons. The Kier molecular flexibility index (Phi) is 7.04. The molecular weight excluding hydrogens is 388 g/mol. The number of methoxy groups -OCH3 is 1. The van der Waals surface area contributed by atoms with Gasteiger partial charge in [0.25, 0.3) is 0 Å². The highest BCUT2D eigenvalue weighted by Crippen LogP contribution is 2.17. The maximum atomic E-state index is 12.8. The summed E-state index contributed by atoms with van der Waals surface area (Å²) in [6.07, 6.45) is 1.78. The zero-order chi connectivity index (χ0) is 18.4. The van der Waals surface area contributed by atoms with E-state index in [0.29, 0.717) is 38.5 Å². The van der Waals surface area contributed by atoms with Crippen LogP contribution in [-0.2, 0) is 9.53 Å². The first-order valence-corrected chi connectivity index (χ1v) is 9.19. The van der Waals surface area contributed by atoms with Gasteiger partial charge in [-0.15, -0.1) is 0 Å². The van der Waals surface area contributed by atoms with Crippen molar-refractivity contribution in [2.75, 3.05) is 38.2 Å². The third kappa shape index (κ3) is 5.59. The molecule has 1 aromatic rings. The summed E-state index contributed by atoms with van der Waals surface area (Å²) < 4.78 is 5.58. The summed E-state index contributed by atoms with van der Waals surface area (Å²) >= 11 is 3.38. The van der Waals surface area contributed by atoms with Crippen LogP contribution in [0, 0.1) is 5.92 Å². The quantitative estimate of drug-likeness (QED) is 0.802. The van der Waals surface area contributed by atoms with E-state index >= 15 is 0 Å². The lowest BCUT2D eigenvalue weighted by molar-refractivity contribution is -0.134. The summed E-state index contributed by atoms with van der Waals surface area (Å²) in [6.45, 7) is 6.69. The van der Waals surface area contributed by atoms with Gasteiger partial charge >= 0.3 is 6.09 Å². The Balaban J connectivity index is 1.95. The van der Waals surface area contributed by atoms with Gasteiger partial charge in [0.15, 0.2) is 0 Å². The highest BCUT2D eigenvalue weighted by molar-refractivity contribution is 9.10. The van der Waals surface area contributed by atoms with Gasteiger partial charge in [-0.3, -0.25) is 4.79 Å². The topological polar surface area (TPSA) is 74.8 Å². The first-order valence-electron chi connectivity index (χ1n) is 8.40. The zero-order valence-corrected chi connectivity index (χ0v) is 16.5. The molecule has 0 aromatic carbocycles. The number of amides is 2. The number of rotatable bonds is 5. The number of carbonyl (C=O) groups is 2. The number of anilines is 1. The summed E-state index contributed by atoms with van der Waals surface area (Å²) in [6, 6.07) is 3.37. The number of halogens is 1. The summed E-state index contributed by atoms with van der Waals surface area (Å²) in [5.41, 5.74) is 0. The molecule has 0 bridgehead atoms. The van der Waals surface area contributed by atoms with Crippen LogP contribution in [0.5, 0.6) is 0 Å². The molecule has 25 heavy (non-hydrogen) atoms. The van der Waals surface area contributed by atoms with E-state index < -0.39 is 12.1 Å². The smallest absolute Gasteiger partial charge is 0.407 e. The number of alkyl carbamates (subject to hydrolysis) is 1. The molecule has 1 aliphatic rings. The minimum Gasteiger partial charge on any atom is -0.453 e. The van der Waals surface area contributed by atoms with Crippen molar-refractivity contribution >= 4 is 33.7 Å². The molecule has 0 spiro atoms. The molecule has 2 amide bonds. The molecule has 7 nitrogen and oxygen atoms in total. The lowest BCUT2D eigenvalue weighted by Crippen LogP contribution is -2.55. The van der Waals surface area contributed by atoms with Crippen molar-refractivity contribution in [2.24, 2.45) is 5.92 Å². The number of hydrogen-bond acceptors (Lipinski definition) is 5. The van der Waals surface area contributed by atoms with Crippen molar-refractivity contribution in [3.05, 3.63) is 22.8 Å². The number of nitrogens with zero attached hydrogens (tertiary/aromatic N) is 3. The average molecular weight is 413 g/mol. The molecule has 1 saturated heterocycles. The van der Waals surface area contributed by atoms with E-state index in [9.17, 15) is 9.59 Å². The molecule has 1 aliphatic heterocycles. The first kappa shape index (κ1) is 19.5. The largest absolute Gasteiger partial charge is 0.453 e. The highest BCUT2D eigenvalue weighted by atomic mass is 79.9. The standard InChI is InChI=1S/C17H25BrN4O3/c1-12(2)10-14(20-17(24)25-3)16(23)22-8-6-21(7-9-22)15-5-4-13(18)11-19-15/h4-5,11-12,14H,6-10H2,1-3H3,(H,20,24). The molecule has 2 rings (SSSR count). The predicted octanol–water partition coefficient (Wildman–Crippen LogP) is 2.26. The number of nitrogens with one attached hydrogen (secondary N) is 1. The second-order valence-corrected chi connectivity index (χ2v) is 7.38. The van der Waals surface area contributed by atoms with Crippen LogP contribution in [0.2, 0.25) is 0 Å². The van der Waals surface area contributed by atoms with Gasteiger partial charge in [-0.1, -0.05) is 13.8 Å². The minimum absolute atomic E-state index is 0.0532. The summed E-state index contributed by atoms with van der Waals surface area (Å²) in [5, 5.41) is 2.66. The van der Waals surface area contributed by atoms with E-state index in [0.717, 1.165) is 10.3 Å². The SMILES string of the molecule is COC(=O)NC(CC(C)C)C(=O)N1CCN(c2ccc(Br)cn2)CC1. The molecule has 0 radical (unpaired) electrons. The molecule has 8 heteroatoms. The Morgan fingerprint density at radius 3 is 2.48 bits per heavy atom. The molecular formula is C17H25BrN4O3. The molecule has 1 unspecified atom stereocenters. The third-order valence-corrected chi connectivity index (χ3v) is 4.58. The fourth-order valence-corrected chi connectivity index (χ4v) is 3.06. The van der Waals surface area contributed by atoms with Crippen LogP contribution in [0.15, 0.2) is 22.8 Å². The van der Waals surface area contributed by atoms with Crippen molar-refractivity contribution in [1.29, 1.82) is 0 Å². The van der Waals surface area contributed by atoms with Gasteiger partial charge in [0.1, 0.15) is 11.9 Å². The number of pyridine rings is 1. The van der Waals surface area contributed by atoms with Gasteiger partial charge in [0, 0.05) is 36.8 Å². The lowest BCUT2D eigenvalue weighted by atomic mass is 10.0. The average Bonchev–Trinajstić information content (AvgIpc) is 2.61. The number of hydrogen-bond donors (Lipinski definition) is 1. The summed E-state index contributed by atoms with van der Waals surface area (Å²) in [7, 11) is 1.30. The van der Waals surface area contributed by atoms with E-state index in [4.69, 9.17) is 0 Å². The molecule has 1 aromatic heterocycles. The van der Waals surface area contributed by atoms with Crippen molar-refractivity contribution in [2.45, 2.75) is 26.3 Å². The number of piperazine rings is 1. The molecule has 1 N–H and O–H groups in total. The first-order chi connectivity index (χ1) is 11.9. The maximum Gasteiger partial charge on any atom is 0.407 e. The number of ether oxygens (including phenoxy) is 1. The van der Waals surface area contributed by atoms with Crippen LogP contribution in [0.1, 0.15) is 20.3 Å². The van der Waals surface area contributed by atoms with Gasteiger partial charge in [0.2, 0.25) is 5.91 Å². The minimum atomic E-state index is -0.573. The van der Waals surface area contributed by atoms with Gasteiger partial charge < -0.3 is 19.9 Å². The van der Waals surface area contributed by atoms with E-state index in [2.05, 4.69) is 35.9 Å². The molecule has 1 fully saturated rings. The third-order valence-electron chi connectivity index (χ3n) is 4.11. The fourth-order valence-electron chi connectivity index (χ4n) is 2.83. The van der Waals surface area contributed by atoms with Crippen LogP contribution in [-0.4, -0.2) is 61.2 Å². The Bertz CT molecular complexity index is 586. The normalized spacial score (nSPS) is 15.9.